The maximum atomic E-state index is 12.8. The van der Waals surface area contributed by atoms with E-state index in [4.69, 9.17) is 4.98 Å². The van der Waals surface area contributed by atoms with E-state index in [9.17, 15) is 4.79 Å². The van der Waals surface area contributed by atoms with Gasteiger partial charge in [-0.25, -0.2) is 4.98 Å². The second kappa shape index (κ2) is 8.29. The van der Waals surface area contributed by atoms with E-state index in [1.54, 1.807) is 11.3 Å². The van der Waals surface area contributed by atoms with Crippen molar-refractivity contribution in [1.82, 2.24) is 9.88 Å². The monoisotopic (exact) mass is 395 g/mol. The van der Waals surface area contributed by atoms with E-state index in [2.05, 4.69) is 55.3 Å². The zero-order valence-corrected chi connectivity index (χ0v) is 17.3. The summed E-state index contributed by atoms with van der Waals surface area (Å²) < 4.78 is 1.21. The van der Waals surface area contributed by atoms with Gasteiger partial charge in [0.25, 0.3) is 5.91 Å². The Hall–Kier alpha value is -2.44. The highest BCUT2D eigenvalue weighted by Gasteiger charge is 2.27. The van der Waals surface area contributed by atoms with Crippen LogP contribution in [0.25, 0.3) is 10.2 Å². The lowest BCUT2D eigenvalue weighted by Crippen LogP contribution is -3.10. The number of para-hydroxylation sites is 2. The number of amides is 1. The first-order valence-electron chi connectivity index (χ1n) is 9.87. The molecule has 1 aromatic heterocycles. The summed E-state index contributed by atoms with van der Waals surface area (Å²) in [7, 11) is 2.09. The number of rotatable bonds is 5. The van der Waals surface area contributed by atoms with Gasteiger partial charge in [0, 0.05) is 31.9 Å². The van der Waals surface area contributed by atoms with Crippen LogP contribution in [0.4, 0.5) is 5.69 Å². The number of hydrogen-bond donors (Lipinski definition) is 1. The second-order valence-corrected chi connectivity index (χ2v) is 8.53. The lowest BCUT2D eigenvalue weighted by atomic mass is 10.2. The standard InChI is InChI=1S/C22H26N4OS/c1-17(22-23-19-10-6-7-11-20(19)28-22)24(2)16-21(27)26-14-12-25(13-15-26)18-8-4-3-5-9-18/h3-11,17H,12-16H2,1-2H3/p+1/t17-/m1/s1. The predicted octanol–water partition coefficient (Wildman–Crippen LogP) is 2.22. The number of quaternary nitrogens is 1. The van der Waals surface area contributed by atoms with Gasteiger partial charge in [-0.1, -0.05) is 30.3 Å². The molecule has 2 atom stereocenters. The summed E-state index contributed by atoms with van der Waals surface area (Å²) in [6.07, 6.45) is 0. The summed E-state index contributed by atoms with van der Waals surface area (Å²) in [6.45, 7) is 6.02. The number of benzene rings is 2. The first kappa shape index (κ1) is 18.9. The molecule has 0 radical (unpaired) electrons. The third kappa shape index (κ3) is 4.03. The largest absolute Gasteiger partial charge is 0.368 e. The molecule has 2 aromatic carbocycles. The van der Waals surface area contributed by atoms with Crippen LogP contribution >= 0.6 is 11.3 Å². The van der Waals surface area contributed by atoms with Crippen molar-refractivity contribution in [2.24, 2.45) is 0 Å². The number of hydrogen-bond acceptors (Lipinski definition) is 4. The van der Waals surface area contributed by atoms with Crippen molar-refractivity contribution in [1.29, 1.82) is 0 Å². The summed E-state index contributed by atoms with van der Waals surface area (Å²) in [5.74, 6) is 0.234. The molecule has 146 valence electrons. The van der Waals surface area contributed by atoms with Gasteiger partial charge in [0.05, 0.1) is 17.3 Å². The van der Waals surface area contributed by atoms with E-state index in [0.717, 1.165) is 36.7 Å². The topological polar surface area (TPSA) is 40.9 Å². The van der Waals surface area contributed by atoms with E-state index in [1.165, 1.54) is 15.3 Å². The Morgan fingerprint density at radius 1 is 1.07 bits per heavy atom. The average Bonchev–Trinajstić information content (AvgIpc) is 3.18. The van der Waals surface area contributed by atoms with Crippen molar-refractivity contribution < 1.29 is 9.69 Å². The Labute approximate surface area is 170 Å². The first-order chi connectivity index (χ1) is 13.6. The number of carbonyl (C=O) groups excluding carboxylic acids is 1. The Morgan fingerprint density at radius 2 is 1.75 bits per heavy atom. The van der Waals surface area contributed by atoms with Crippen molar-refractivity contribution >= 4 is 33.1 Å². The average molecular weight is 396 g/mol. The number of carbonyl (C=O) groups is 1. The lowest BCUT2D eigenvalue weighted by molar-refractivity contribution is -0.902. The number of aromatic nitrogens is 1. The highest BCUT2D eigenvalue weighted by molar-refractivity contribution is 7.18. The zero-order chi connectivity index (χ0) is 19.5. The van der Waals surface area contributed by atoms with E-state index in [-0.39, 0.29) is 11.9 Å². The Morgan fingerprint density at radius 3 is 2.46 bits per heavy atom. The molecular weight excluding hydrogens is 368 g/mol. The second-order valence-electron chi connectivity index (χ2n) is 7.47. The van der Waals surface area contributed by atoms with Gasteiger partial charge in [0.15, 0.2) is 11.6 Å². The zero-order valence-electron chi connectivity index (χ0n) is 16.5. The van der Waals surface area contributed by atoms with Crippen molar-refractivity contribution in [3.63, 3.8) is 0 Å². The predicted molar refractivity (Wildman–Crippen MR) is 115 cm³/mol. The molecule has 0 saturated carbocycles. The van der Waals surface area contributed by atoms with Gasteiger partial charge in [-0.15, -0.1) is 11.3 Å². The molecule has 4 rings (SSSR count). The third-order valence-electron chi connectivity index (χ3n) is 5.60. The molecule has 1 aliphatic rings. The number of piperazine rings is 1. The van der Waals surface area contributed by atoms with Gasteiger partial charge in [-0.2, -0.15) is 0 Å². The lowest BCUT2D eigenvalue weighted by Gasteiger charge is -2.36. The molecular formula is C22H27N4OS+. The van der Waals surface area contributed by atoms with E-state index in [0.29, 0.717) is 6.54 Å². The molecule has 1 amide bonds. The van der Waals surface area contributed by atoms with Crippen molar-refractivity contribution in [2.45, 2.75) is 13.0 Å². The van der Waals surface area contributed by atoms with Crippen LogP contribution in [0.2, 0.25) is 0 Å². The van der Waals surface area contributed by atoms with E-state index >= 15 is 0 Å². The van der Waals surface area contributed by atoms with Crippen LogP contribution in [0, 0.1) is 0 Å². The van der Waals surface area contributed by atoms with Crippen molar-refractivity contribution in [3.05, 3.63) is 59.6 Å². The summed E-state index contributed by atoms with van der Waals surface area (Å²) in [6, 6.07) is 18.9. The summed E-state index contributed by atoms with van der Waals surface area (Å²) in [5.41, 5.74) is 2.28. The van der Waals surface area contributed by atoms with Gasteiger partial charge < -0.3 is 14.7 Å². The number of anilines is 1. The maximum Gasteiger partial charge on any atom is 0.277 e. The van der Waals surface area contributed by atoms with Crippen LogP contribution in [0.5, 0.6) is 0 Å². The number of likely N-dealkylation sites (N-methyl/N-ethyl adjacent to an activating group) is 1. The Balaban J connectivity index is 1.33. The van der Waals surface area contributed by atoms with Gasteiger partial charge in [-0.05, 0) is 31.2 Å². The molecule has 1 unspecified atom stereocenters. The van der Waals surface area contributed by atoms with Gasteiger partial charge in [0.2, 0.25) is 0 Å². The molecule has 5 nitrogen and oxygen atoms in total. The highest BCUT2D eigenvalue weighted by atomic mass is 32.1. The number of fused-ring (bicyclic) bond motifs is 1. The Bertz CT molecular complexity index is 901. The minimum atomic E-state index is 0.201. The normalized spacial score (nSPS) is 16.9. The van der Waals surface area contributed by atoms with Gasteiger partial charge in [-0.3, -0.25) is 4.79 Å². The maximum absolute atomic E-state index is 12.8. The minimum absolute atomic E-state index is 0.201. The van der Waals surface area contributed by atoms with Crippen molar-refractivity contribution in [3.8, 4) is 0 Å². The molecule has 1 saturated heterocycles. The number of thiazole rings is 1. The molecule has 1 aliphatic heterocycles. The highest BCUT2D eigenvalue weighted by Crippen LogP contribution is 2.24. The Kier molecular flexibility index (Phi) is 5.59. The smallest absolute Gasteiger partial charge is 0.277 e. The van der Waals surface area contributed by atoms with Crippen LogP contribution in [0.15, 0.2) is 54.6 Å². The fourth-order valence-electron chi connectivity index (χ4n) is 3.64. The SMILES string of the molecule is C[C@H](c1nc2ccccc2s1)[NH+](C)CC(=O)N1CCN(c2ccccc2)CC1. The molecule has 28 heavy (non-hydrogen) atoms. The van der Waals surface area contributed by atoms with Crippen LogP contribution in [-0.2, 0) is 4.79 Å². The quantitative estimate of drug-likeness (QED) is 0.720. The fraction of sp³-hybridized carbons (Fsp3) is 0.364. The molecule has 2 heterocycles. The summed E-state index contributed by atoms with van der Waals surface area (Å²) in [4.78, 5) is 23.1. The van der Waals surface area contributed by atoms with E-state index < -0.39 is 0 Å². The van der Waals surface area contributed by atoms with Crippen LogP contribution in [0.3, 0.4) is 0 Å². The molecule has 6 heteroatoms. The fourth-order valence-corrected chi connectivity index (χ4v) is 4.75. The molecule has 0 spiro atoms. The summed E-state index contributed by atoms with van der Waals surface area (Å²) in [5, 5.41) is 1.10. The molecule has 0 bridgehead atoms. The van der Waals surface area contributed by atoms with E-state index in [1.807, 2.05) is 23.1 Å². The van der Waals surface area contributed by atoms with Crippen molar-refractivity contribution in [2.75, 3.05) is 44.7 Å². The molecule has 1 fully saturated rings. The van der Waals surface area contributed by atoms with Gasteiger partial charge in [0.1, 0.15) is 6.04 Å². The van der Waals surface area contributed by atoms with Crippen LogP contribution in [-0.4, -0.2) is 55.6 Å². The number of nitrogens with one attached hydrogen (secondary N) is 1. The first-order valence-corrected chi connectivity index (χ1v) is 10.7. The number of nitrogens with zero attached hydrogens (tertiary/aromatic N) is 3. The minimum Gasteiger partial charge on any atom is -0.368 e. The van der Waals surface area contributed by atoms with Gasteiger partial charge >= 0.3 is 0 Å². The van der Waals surface area contributed by atoms with Crippen LogP contribution < -0.4 is 9.80 Å². The third-order valence-corrected chi connectivity index (χ3v) is 6.82. The molecule has 1 N–H and O–H groups in total. The van der Waals surface area contributed by atoms with Crippen LogP contribution in [0.1, 0.15) is 18.0 Å². The molecule has 0 aliphatic carbocycles. The molecule has 3 aromatic rings. The summed E-state index contributed by atoms with van der Waals surface area (Å²) >= 11 is 1.73.